The van der Waals surface area contributed by atoms with Crippen molar-refractivity contribution in [3.63, 3.8) is 0 Å². The van der Waals surface area contributed by atoms with E-state index in [0.29, 0.717) is 5.46 Å². The minimum Gasteiger partial charge on any atom is -0.423 e. The molecule has 8 rings (SSSR count). The fraction of sp³-hybridized carbons (Fsp3) is 0.0286. The van der Waals surface area contributed by atoms with Gasteiger partial charge in [0.25, 0.3) is 0 Å². The summed E-state index contributed by atoms with van der Waals surface area (Å²) in [5.74, 6) is 0. The average Bonchev–Trinajstić information content (AvgIpc) is 3.62. The average molecular weight is 518 g/mol. The van der Waals surface area contributed by atoms with E-state index in [-0.39, 0.29) is 0 Å². The van der Waals surface area contributed by atoms with E-state index in [2.05, 4.69) is 109 Å². The van der Waals surface area contributed by atoms with Crippen molar-refractivity contribution in [3.05, 3.63) is 150 Å². The molecule has 0 saturated heterocycles. The molecule has 2 aliphatic carbocycles. The molecule has 2 nitrogen and oxygen atoms in total. The first-order chi connectivity index (χ1) is 19.2. The minimum absolute atomic E-state index is 0.544. The van der Waals surface area contributed by atoms with Crippen LogP contribution in [-0.4, -0.2) is 17.2 Å². The standard InChI is InChI=1S/C35H23BO2S/c37-36(38)29-21-11-20-28-30(29)24-16-7-9-18-26(24)35(28)27-19-10-8-17-25(27)31-32(35)34(23-14-5-2-6-15-23)39-33(31)22-12-3-1-4-13-22/h1-21,37-38H. The van der Waals surface area contributed by atoms with Gasteiger partial charge < -0.3 is 10.0 Å². The first kappa shape index (κ1) is 22.7. The van der Waals surface area contributed by atoms with E-state index >= 15 is 0 Å². The highest BCUT2D eigenvalue weighted by Crippen LogP contribution is 2.67. The van der Waals surface area contributed by atoms with E-state index in [1.807, 2.05) is 29.5 Å². The van der Waals surface area contributed by atoms with E-state index in [9.17, 15) is 10.0 Å². The van der Waals surface area contributed by atoms with Gasteiger partial charge in [0.05, 0.1) is 5.41 Å². The maximum Gasteiger partial charge on any atom is 0.489 e. The lowest BCUT2D eigenvalue weighted by atomic mass is 9.68. The van der Waals surface area contributed by atoms with Gasteiger partial charge in [0.15, 0.2) is 0 Å². The first-order valence-corrected chi connectivity index (χ1v) is 14.0. The van der Waals surface area contributed by atoms with Gasteiger partial charge >= 0.3 is 7.12 Å². The summed E-state index contributed by atoms with van der Waals surface area (Å²) >= 11 is 1.85. The number of thiophene rings is 1. The van der Waals surface area contributed by atoms with Crippen LogP contribution in [-0.2, 0) is 5.41 Å². The quantitative estimate of drug-likeness (QED) is 0.245. The van der Waals surface area contributed by atoms with Crippen molar-refractivity contribution in [2.45, 2.75) is 5.41 Å². The Morgan fingerprint density at radius 2 is 1.00 bits per heavy atom. The molecule has 5 aromatic carbocycles. The third-order valence-electron chi connectivity index (χ3n) is 8.33. The van der Waals surface area contributed by atoms with Crippen LogP contribution in [0.25, 0.3) is 43.1 Å². The van der Waals surface area contributed by atoms with E-state index < -0.39 is 12.5 Å². The molecule has 1 heterocycles. The van der Waals surface area contributed by atoms with Crippen molar-refractivity contribution in [2.24, 2.45) is 0 Å². The van der Waals surface area contributed by atoms with Crippen molar-refractivity contribution in [1.29, 1.82) is 0 Å². The van der Waals surface area contributed by atoms with Crippen molar-refractivity contribution in [2.75, 3.05) is 0 Å². The lowest BCUT2D eigenvalue weighted by Gasteiger charge is -2.31. The molecular weight excluding hydrogens is 495 g/mol. The van der Waals surface area contributed by atoms with E-state index in [0.717, 1.165) is 16.7 Å². The maximum atomic E-state index is 10.5. The molecule has 0 radical (unpaired) electrons. The summed E-state index contributed by atoms with van der Waals surface area (Å²) in [5.41, 5.74) is 11.7. The molecule has 1 spiro atoms. The highest BCUT2D eigenvalue weighted by molar-refractivity contribution is 7.19. The van der Waals surface area contributed by atoms with Crippen molar-refractivity contribution in [3.8, 4) is 43.1 Å². The molecule has 0 saturated carbocycles. The Balaban J connectivity index is 1.60. The summed E-state index contributed by atoms with van der Waals surface area (Å²) in [6, 6.07) is 44.6. The summed E-state index contributed by atoms with van der Waals surface area (Å²) in [6.45, 7) is 0. The molecule has 2 N–H and O–H groups in total. The number of hydrogen-bond donors (Lipinski definition) is 2. The van der Waals surface area contributed by atoms with Crippen LogP contribution < -0.4 is 5.46 Å². The summed E-state index contributed by atoms with van der Waals surface area (Å²) < 4.78 is 0. The normalized spacial score (nSPS) is 16.1. The Bertz CT molecular complexity index is 1890. The lowest BCUT2D eigenvalue weighted by molar-refractivity contribution is 0.426. The van der Waals surface area contributed by atoms with Crippen LogP contribution >= 0.6 is 11.3 Å². The van der Waals surface area contributed by atoms with Gasteiger partial charge in [-0.1, -0.05) is 127 Å². The van der Waals surface area contributed by atoms with Gasteiger partial charge in [-0.05, 0) is 55.5 Å². The lowest BCUT2D eigenvalue weighted by Crippen LogP contribution is -2.33. The number of fused-ring (bicyclic) bond motifs is 10. The largest absolute Gasteiger partial charge is 0.489 e. The predicted octanol–water partition coefficient (Wildman–Crippen LogP) is 7.11. The van der Waals surface area contributed by atoms with Gasteiger partial charge in [-0.3, -0.25) is 0 Å². The first-order valence-electron chi connectivity index (χ1n) is 13.2. The third kappa shape index (κ3) is 2.94. The van der Waals surface area contributed by atoms with Gasteiger partial charge in [-0.2, -0.15) is 0 Å². The molecule has 0 amide bonds. The summed E-state index contributed by atoms with van der Waals surface area (Å²) in [7, 11) is -1.56. The van der Waals surface area contributed by atoms with E-state index in [1.54, 1.807) is 0 Å². The molecule has 184 valence electrons. The van der Waals surface area contributed by atoms with Gasteiger partial charge in [-0.25, -0.2) is 0 Å². The van der Waals surface area contributed by atoms with Crippen molar-refractivity contribution >= 4 is 23.9 Å². The second-order valence-corrected chi connectivity index (χ2v) is 11.2. The SMILES string of the molecule is OB(O)c1cccc2c1-c1ccccc1C21c2ccccc2-c2c(-c3ccccc3)sc(-c3ccccc3)c21. The Morgan fingerprint density at radius 1 is 0.487 bits per heavy atom. The van der Waals surface area contributed by atoms with Crippen molar-refractivity contribution in [1.82, 2.24) is 0 Å². The van der Waals surface area contributed by atoms with Crippen molar-refractivity contribution < 1.29 is 10.0 Å². The Morgan fingerprint density at radius 3 is 1.62 bits per heavy atom. The molecule has 39 heavy (non-hydrogen) atoms. The molecule has 1 aromatic heterocycles. The second kappa shape index (κ2) is 8.39. The smallest absolute Gasteiger partial charge is 0.423 e. The Labute approximate surface area is 231 Å². The zero-order valence-corrected chi connectivity index (χ0v) is 21.8. The molecule has 2 aliphatic rings. The van der Waals surface area contributed by atoms with E-state index in [4.69, 9.17) is 0 Å². The van der Waals surface area contributed by atoms with Crippen LogP contribution in [0.1, 0.15) is 22.3 Å². The maximum absolute atomic E-state index is 10.5. The van der Waals surface area contributed by atoms with Crippen LogP contribution in [0, 0.1) is 0 Å². The fourth-order valence-corrected chi connectivity index (χ4v) is 8.31. The van der Waals surface area contributed by atoms with Crippen LogP contribution in [0.15, 0.2) is 127 Å². The number of rotatable bonds is 3. The zero-order chi connectivity index (χ0) is 26.1. The van der Waals surface area contributed by atoms with Crippen LogP contribution in [0.5, 0.6) is 0 Å². The number of benzene rings is 5. The second-order valence-electron chi connectivity index (χ2n) is 10.2. The Kier molecular flexibility index (Phi) is 4.89. The highest BCUT2D eigenvalue weighted by Gasteiger charge is 2.55. The van der Waals surface area contributed by atoms with Gasteiger partial charge in [0.2, 0.25) is 0 Å². The monoisotopic (exact) mass is 518 g/mol. The molecule has 1 atom stereocenters. The van der Waals surface area contributed by atoms with E-state index in [1.165, 1.54) is 48.7 Å². The molecular formula is C35H23BO2S. The van der Waals surface area contributed by atoms with Crippen LogP contribution in [0.2, 0.25) is 0 Å². The predicted molar refractivity (Wildman–Crippen MR) is 161 cm³/mol. The van der Waals surface area contributed by atoms with Gasteiger partial charge in [-0.15, -0.1) is 11.3 Å². The molecule has 6 aromatic rings. The summed E-state index contributed by atoms with van der Waals surface area (Å²) in [5, 5.41) is 21.0. The minimum atomic E-state index is -1.56. The summed E-state index contributed by atoms with van der Waals surface area (Å²) in [4.78, 5) is 2.51. The summed E-state index contributed by atoms with van der Waals surface area (Å²) in [6.07, 6.45) is 0. The highest BCUT2D eigenvalue weighted by atomic mass is 32.1. The fourth-order valence-electron chi connectivity index (χ4n) is 6.93. The molecule has 0 aliphatic heterocycles. The van der Waals surface area contributed by atoms with Crippen LogP contribution in [0.3, 0.4) is 0 Å². The molecule has 0 fully saturated rings. The Hall–Kier alpha value is -4.22. The zero-order valence-electron chi connectivity index (χ0n) is 21.0. The number of hydrogen-bond acceptors (Lipinski definition) is 3. The van der Waals surface area contributed by atoms with Crippen LogP contribution in [0.4, 0.5) is 0 Å². The van der Waals surface area contributed by atoms with Gasteiger partial charge in [0, 0.05) is 15.3 Å². The van der Waals surface area contributed by atoms with Gasteiger partial charge in [0.1, 0.15) is 0 Å². The molecule has 1 unspecified atom stereocenters. The topological polar surface area (TPSA) is 40.5 Å². The third-order valence-corrected chi connectivity index (χ3v) is 9.62. The molecule has 4 heteroatoms. The molecule has 0 bridgehead atoms.